The first-order valence-electron chi connectivity index (χ1n) is 5.42. The van der Waals surface area contributed by atoms with Crippen LogP contribution in [0.2, 0.25) is 0 Å². The smallest absolute Gasteiger partial charge is 0.123 e. The van der Waals surface area contributed by atoms with Gasteiger partial charge in [-0.1, -0.05) is 18.6 Å². The first-order chi connectivity index (χ1) is 7.24. The van der Waals surface area contributed by atoms with E-state index in [9.17, 15) is 4.39 Å². The number of halogens is 1. The van der Waals surface area contributed by atoms with Gasteiger partial charge in [0.15, 0.2) is 0 Å². The molecule has 1 aliphatic carbocycles. The Morgan fingerprint density at radius 3 is 2.80 bits per heavy atom. The monoisotopic (exact) mass is 205 g/mol. The van der Waals surface area contributed by atoms with E-state index in [-0.39, 0.29) is 11.2 Å². The Labute approximate surface area is 90.0 Å². The summed E-state index contributed by atoms with van der Waals surface area (Å²) >= 11 is 0. The molecule has 1 nitrogen and oxygen atoms in total. The van der Waals surface area contributed by atoms with Crippen molar-refractivity contribution in [3.8, 4) is 0 Å². The standard InChI is InChI=1S/C13H16FN/c1-15-10-13(6-3-7-13)9-11-4-2-5-12(14)8-11/h2,4-5,8,10H,3,6-7,9H2,1H3. The average molecular weight is 205 g/mol. The summed E-state index contributed by atoms with van der Waals surface area (Å²) in [6.45, 7) is 0. The summed E-state index contributed by atoms with van der Waals surface area (Å²) in [6, 6.07) is 6.89. The fourth-order valence-electron chi connectivity index (χ4n) is 2.31. The lowest BCUT2D eigenvalue weighted by Gasteiger charge is -2.38. The van der Waals surface area contributed by atoms with E-state index in [0.29, 0.717) is 0 Å². The number of hydrogen-bond donors (Lipinski definition) is 0. The first-order valence-corrected chi connectivity index (χ1v) is 5.42. The minimum absolute atomic E-state index is 0.143. The topological polar surface area (TPSA) is 12.4 Å². The molecule has 2 rings (SSSR count). The van der Waals surface area contributed by atoms with E-state index in [0.717, 1.165) is 12.0 Å². The molecule has 0 unspecified atom stereocenters. The third-order valence-corrected chi connectivity index (χ3v) is 3.20. The van der Waals surface area contributed by atoms with Crippen molar-refractivity contribution in [1.82, 2.24) is 0 Å². The normalized spacial score (nSPS) is 19.1. The van der Waals surface area contributed by atoms with E-state index in [2.05, 4.69) is 4.99 Å². The number of aliphatic imine (C=N–C) groups is 1. The zero-order valence-electron chi connectivity index (χ0n) is 9.04. The zero-order valence-corrected chi connectivity index (χ0v) is 9.04. The molecule has 0 aliphatic heterocycles. The molecule has 80 valence electrons. The van der Waals surface area contributed by atoms with E-state index in [1.54, 1.807) is 12.1 Å². The van der Waals surface area contributed by atoms with Gasteiger partial charge in [0.25, 0.3) is 0 Å². The van der Waals surface area contributed by atoms with E-state index in [4.69, 9.17) is 0 Å². The van der Waals surface area contributed by atoms with Gasteiger partial charge in [-0.05, 0) is 37.0 Å². The minimum atomic E-state index is -0.143. The number of rotatable bonds is 3. The molecule has 0 heterocycles. The van der Waals surface area contributed by atoms with Crippen LogP contribution in [0, 0.1) is 11.2 Å². The van der Waals surface area contributed by atoms with Gasteiger partial charge in [0.05, 0.1) is 0 Å². The Kier molecular flexibility index (Phi) is 2.85. The molecule has 1 aromatic carbocycles. The Hall–Kier alpha value is -1.18. The molecule has 0 radical (unpaired) electrons. The van der Waals surface area contributed by atoms with Crippen molar-refractivity contribution in [2.24, 2.45) is 10.4 Å². The Bertz CT molecular complexity index is 367. The van der Waals surface area contributed by atoms with E-state index in [1.807, 2.05) is 19.3 Å². The second-order valence-electron chi connectivity index (χ2n) is 4.41. The summed E-state index contributed by atoms with van der Waals surface area (Å²) in [7, 11) is 1.81. The second-order valence-corrected chi connectivity index (χ2v) is 4.41. The quantitative estimate of drug-likeness (QED) is 0.672. The summed E-state index contributed by atoms with van der Waals surface area (Å²) in [4.78, 5) is 4.13. The van der Waals surface area contributed by atoms with Crippen LogP contribution in [0.1, 0.15) is 24.8 Å². The van der Waals surface area contributed by atoms with Gasteiger partial charge in [0, 0.05) is 18.7 Å². The summed E-state index contributed by atoms with van der Waals surface area (Å²) in [5.74, 6) is -0.143. The molecule has 0 bridgehead atoms. The molecular formula is C13H16FN. The minimum Gasteiger partial charge on any atom is -0.300 e. The number of nitrogens with zero attached hydrogens (tertiary/aromatic N) is 1. The predicted molar refractivity (Wildman–Crippen MR) is 60.8 cm³/mol. The van der Waals surface area contributed by atoms with Crippen LogP contribution in [0.25, 0.3) is 0 Å². The summed E-state index contributed by atoms with van der Waals surface area (Å²) in [5, 5.41) is 0. The molecule has 0 aromatic heterocycles. The lowest BCUT2D eigenvalue weighted by atomic mass is 9.66. The molecule has 0 amide bonds. The highest BCUT2D eigenvalue weighted by Gasteiger charge is 2.35. The molecule has 15 heavy (non-hydrogen) atoms. The summed E-state index contributed by atoms with van der Waals surface area (Å²) in [5.41, 5.74) is 1.29. The van der Waals surface area contributed by atoms with Crippen molar-refractivity contribution in [2.45, 2.75) is 25.7 Å². The highest BCUT2D eigenvalue weighted by atomic mass is 19.1. The van der Waals surface area contributed by atoms with E-state index >= 15 is 0 Å². The van der Waals surface area contributed by atoms with Crippen LogP contribution in [-0.2, 0) is 6.42 Å². The highest BCUT2D eigenvalue weighted by molar-refractivity contribution is 5.67. The van der Waals surface area contributed by atoms with Gasteiger partial charge in [-0.25, -0.2) is 4.39 Å². The maximum absolute atomic E-state index is 13.0. The van der Waals surface area contributed by atoms with Gasteiger partial charge in [0.1, 0.15) is 5.82 Å². The second kappa shape index (κ2) is 4.13. The lowest BCUT2D eigenvalue weighted by Crippen LogP contribution is -2.33. The summed E-state index contributed by atoms with van der Waals surface area (Å²) < 4.78 is 13.0. The van der Waals surface area contributed by atoms with Crippen LogP contribution in [0.4, 0.5) is 4.39 Å². The van der Waals surface area contributed by atoms with Gasteiger partial charge >= 0.3 is 0 Å². The van der Waals surface area contributed by atoms with Gasteiger partial charge in [-0.3, -0.25) is 0 Å². The summed E-state index contributed by atoms with van der Waals surface area (Å²) in [6.07, 6.45) is 6.59. The maximum Gasteiger partial charge on any atom is 0.123 e. The molecule has 0 spiro atoms. The molecular weight excluding hydrogens is 189 g/mol. The first kappa shape index (κ1) is 10.3. The highest BCUT2D eigenvalue weighted by Crippen LogP contribution is 2.42. The molecule has 1 aliphatic rings. The van der Waals surface area contributed by atoms with Gasteiger partial charge < -0.3 is 4.99 Å². The fourth-order valence-corrected chi connectivity index (χ4v) is 2.31. The Morgan fingerprint density at radius 1 is 1.47 bits per heavy atom. The molecule has 1 aromatic rings. The largest absolute Gasteiger partial charge is 0.300 e. The van der Waals surface area contributed by atoms with Crippen molar-refractivity contribution < 1.29 is 4.39 Å². The van der Waals surface area contributed by atoms with Crippen molar-refractivity contribution in [2.75, 3.05) is 7.05 Å². The predicted octanol–water partition coefficient (Wildman–Crippen LogP) is 3.24. The van der Waals surface area contributed by atoms with Crippen LogP contribution in [0.5, 0.6) is 0 Å². The van der Waals surface area contributed by atoms with E-state index in [1.165, 1.54) is 25.3 Å². The molecule has 1 saturated carbocycles. The van der Waals surface area contributed by atoms with E-state index < -0.39 is 0 Å². The van der Waals surface area contributed by atoms with Crippen LogP contribution in [0.3, 0.4) is 0 Å². The molecule has 1 fully saturated rings. The maximum atomic E-state index is 13.0. The van der Waals surface area contributed by atoms with Crippen LogP contribution < -0.4 is 0 Å². The Morgan fingerprint density at radius 2 is 2.27 bits per heavy atom. The van der Waals surface area contributed by atoms with Gasteiger partial charge in [-0.15, -0.1) is 0 Å². The van der Waals surface area contributed by atoms with Crippen LogP contribution >= 0.6 is 0 Å². The number of hydrogen-bond acceptors (Lipinski definition) is 1. The molecule has 0 N–H and O–H groups in total. The average Bonchev–Trinajstić information content (AvgIpc) is 2.15. The van der Waals surface area contributed by atoms with Crippen LogP contribution in [-0.4, -0.2) is 13.3 Å². The number of benzene rings is 1. The third kappa shape index (κ3) is 2.25. The van der Waals surface area contributed by atoms with Crippen molar-refractivity contribution in [3.63, 3.8) is 0 Å². The van der Waals surface area contributed by atoms with Crippen LogP contribution in [0.15, 0.2) is 29.3 Å². The third-order valence-electron chi connectivity index (χ3n) is 3.20. The lowest BCUT2D eigenvalue weighted by molar-refractivity contribution is 0.238. The molecule has 0 saturated heterocycles. The Balaban J connectivity index is 2.13. The molecule has 2 heteroatoms. The zero-order chi connectivity index (χ0) is 10.7. The molecule has 0 atom stereocenters. The van der Waals surface area contributed by atoms with Gasteiger partial charge in [-0.2, -0.15) is 0 Å². The van der Waals surface area contributed by atoms with Crippen molar-refractivity contribution in [1.29, 1.82) is 0 Å². The van der Waals surface area contributed by atoms with Crippen molar-refractivity contribution >= 4 is 6.21 Å². The SMILES string of the molecule is CN=CC1(Cc2cccc(F)c2)CCC1. The van der Waals surface area contributed by atoms with Crippen molar-refractivity contribution in [3.05, 3.63) is 35.6 Å². The van der Waals surface area contributed by atoms with Gasteiger partial charge in [0.2, 0.25) is 0 Å². The fraction of sp³-hybridized carbons (Fsp3) is 0.462.